The second kappa shape index (κ2) is 13.7. The van der Waals surface area contributed by atoms with Crippen LogP contribution in [0.4, 0.5) is 0 Å². The van der Waals surface area contributed by atoms with Gasteiger partial charge in [-0.3, -0.25) is 9.36 Å². The van der Waals surface area contributed by atoms with Crippen LogP contribution >= 0.6 is 27.3 Å². The summed E-state index contributed by atoms with van der Waals surface area (Å²) in [4.78, 5) is 32.4. The Balaban J connectivity index is 1.57. The molecule has 0 spiro atoms. The maximum Gasteiger partial charge on any atom is 0.338 e. The molecule has 44 heavy (non-hydrogen) atoms. The molecule has 1 aliphatic rings. The molecular formula is C34H33BrN2O6S. The molecule has 228 valence electrons. The van der Waals surface area contributed by atoms with E-state index in [1.54, 1.807) is 31.6 Å². The van der Waals surface area contributed by atoms with Crippen molar-refractivity contribution in [3.05, 3.63) is 119 Å². The molecular weight excluding hydrogens is 644 g/mol. The van der Waals surface area contributed by atoms with Crippen LogP contribution in [0.25, 0.3) is 6.08 Å². The van der Waals surface area contributed by atoms with E-state index in [0.29, 0.717) is 48.9 Å². The van der Waals surface area contributed by atoms with Crippen molar-refractivity contribution in [2.24, 2.45) is 4.99 Å². The average Bonchev–Trinajstić information content (AvgIpc) is 3.30. The molecule has 3 aromatic carbocycles. The monoisotopic (exact) mass is 676 g/mol. The zero-order chi connectivity index (χ0) is 31.4. The standard InChI is InChI=1S/C34H33BrN2O6S/c1-6-41-33(39)29-21(4)36-34-37(30(29)24-12-14-25(15-13-24)43-20(2)3)32(38)28(44-34)18-23-16-26(35)31(27(17-23)40-5)42-19-22-10-8-7-9-11-22/h7-18,20,30H,6,19H2,1-5H3/b28-18-/t30-/m1/s1. The van der Waals surface area contributed by atoms with E-state index in [9.17, 15) is 9.59 Å². The van der Waals surface area contributed by atoms with E-state index in [-0.39, 0.29) is 18.3 Å². The van der Waals surface area contributed by atoms with Gasteiger partial charge < -0.3 is 18.9 Å². The number of hydrogen-bond donors (Lipinski definition) is 0. The van der Waals surface area contributed by atoms with Crippen LogP contribution in [-0.4, -0.2) is 30.4 Å². The highest BCUT2D eigenvalue weighted by Gasteiger charge is 2.33. The predicted octanol–water partition coefficient (Wildman–Crippen LogP) is 5.94. The van der Waals surface area contributed by atoms with Gasteiger partial charge >= 0.3 is 5.97 Å². The van der Waals surface area contributed by atoms with Crippen molar-refractivity contribution >= 4 is 39.3 Å². The van der Waals surface area contributed by atoms with E-state index in [0.717, 1.165) is 16.7 Å². The summed E-state index contributed by atoms with van der Waals surface area (Å²) in [6.07, 6.45) is 1.80. The number of benzene rings is 3. The summed E-state index contributed by atoms with van der Waals surface area (Å²) in [5, 5.41) is 0. The topological polar surface area (TPSA) is 88.4 Å². The van der Waals surface area contributed by atoms with Crippen LogP contribution in [0.15, 0.2) is 92.3 Å². The van der Waals surface area contributed by atoms with Crippen molar-refractivity contribution in [3.8, 4) is 17.2 Å². The molecule has 0 radical (unpaired) electrons. The number of thiazole rings is 1. The third-order valence-corrected chi connectivity index (χ3v) is 8.43. The summed E-state index contributed by atoms with van der Waals surface area (Å²) in [5.41, 5.74) is 3.08. The third-order valence-electron chi connectivity index (χ3n) is 6.86. The van der Waals surface area contributed by atoms with Gasteiger partial charge in [-0.25, -0.2) is 9.79 Å². The zero-order valence-corrected chi connectivity index (χ0v) is 27.5. The van der Waals surface area contributed by atoms with Crippen LogP contribution in [0.3, 0.4) is 0 Å². The molecule has 0 saturated carbocycles. The van der Waals surface area contributed by atoms with Crippen LogP contribution in [-0.2, 0) is 16.1 Å². The Labute approximate surface area is 268 Å². The van der Waals surface area contributed by atoms with Crippen LogP contribution < -0.4 is 29.1 Å². The molecule has 0 N–H and O–H groups in total. The fraction of sp³-hybridized carbons (Fsp3) is 0.265. The Morgan fingerprint density at radius 3 is 2.50 bits per heavy atom. The SMILES string of the molecule is CCOC(=O)C1=C(C)N=c2s/c(=C\c3cc(Br)c(OCc4ccccc4)c(OC)c3)c(=O)n2[C@@H]1c1ccc(OC(C)C)cc1. The number of carbonyl (C=O) groups is 1. The Kier molecular flexibility index (Phi) is 9.71. The van der Waals surface area contributed by atoms with E-state index in [4.69, 9.17) is 18.9 Å². The largest absolute Gasteiger partial charge is 0.493 e. The minimum atomic E-state index is -0.712. The molecule has 0 unspecified atom stereocenters. The molecule has 1 aromatic heterocycles. The lowest BCUT2D eigenvalue weighted by Gasteiger charge is -2.25. The maximum absolute atomic E-state index is 14.0. The summed E-state index contributed by atoms with van der Waals surface area (Å²) in [6, 6.07) is 20.3. The van der Waals surface area contributed by atoms with Crippen molar-refractivity contribution in [3.63, 3.8) is 0 Å². The van der Waals surface area contributed by atoms with Crippen LogP contribution in [0, 0.1) is 0 Å². The molecule has 0 fully saturated rings. The molecule has 0 amide bonds. The zero-order valence-electron chi connectivity index (χ0n) is 25.1. The van der Waals surface area contributed by atoms with E-state index in [2.05, 4.69) is 20.9 Å². The highest BCUT2D eigenvalue weighted by Crippen LogP contribution is 2.37. The second-order valence-corrected chi connectivity index (χ2v) is 12.2. The molecule has 1 atom stereocenters. The van der Waals surface area contributed by atoms with E-state index < -0.39 is 12.0 Å². The van der Waals surface area contributed by atoms with Crippen molar-refractivity contribution in [2.45, 2.75) is 46.4 Å². The van der Waals surface area contributed by atoms with Gasteiger partial charge in [-0.05, 0) is 90.7 Å². The van der Waals surface area contributed by atoms with Crippen molar-refractivity contribution in [2.75, 3.05) is 13.7 Å². The number of carbonyl (C=O) groups excluding carboxylic acids is 1. The van der Waals surface area contributed by atoms with Crippen molar-refractivity contribution in [1.82, 2.24) is 4.57 Å². The van der Waals surface area contributed by atoms with Gasteiger partial charge in [0.15, 0.2) is 16.3 Å². The number of hydrogen-bond acceptors (Lipinski definition) is 8. The lowest BCUT2D eigenvalue weighted by Crippen LogP contribution is -2.39. The van der Waals surface area contributed by atoms with Gasteiger partial charge in [-0.15, -0.1) is 0 Å². The smallest absolute Gasteiger partial charge is 0.338 e. The number of nitrogens with zero attached hydrogens (tertiary/aromatic N) is 2. The van der Waals surface area contributed by atoms with Crippen molar-refractivity contribution in [1.29, 1.82) is 0 Å². The van der Waals surface area contributed by atoms with Gasteiger partial charge in [0.1, 0.15) is 12.4 Å². The fourth-order valence-corrected chi connectivity index (χ4v) is 6.57. The number of ether oxygens (including phenoxy) is 4. The van der Waals surface area contributed by atoms with Gasteiger partial charge in [0.2, 0.25) is 0 Å². The first-order valence-electron chi connectivity index (χ1n) is 14.2. The van der Waals surface area contributed by atoms with E-state index in [1.165, 1.54) is 11.3 Å². The average molecular weight is 678 g/mol. The first kappa shape index (κ1) is 31.3. The van der Waals surface area contributed by atoms with Gasteiger partial charge in [0.05, 0.1) is 46.1 Å². The van der Waals surface area contributed by atoms with Crippen LogP contribution in [0.2, 0.25) is 0 Å². The summed E-state index contributed by atoms with van der Waals surface area (Å²) >= 11 is 4.88. The van der Waals surface area contributed by atoms with Crippen LogP contribution in [0.1, 0.15) is 50.4 Å². The Bertz CT molecular complexity index is 1880. The normalized spacial score (nSPS) is 14.7. The van der Waals surface area contributed by atoms with Gasteiger partial charge in [-0.2, -0.15) is 0 Å². The van der Waals surface area contributed by atoms with Crippen molar-refractivity contribution < 1.29 is 23.7 Å². The lowest BCUT2D eigenvalue weighted by molar-refractivity contribution is -0.139. The first-order valence-corrected chi connectivity index (χ1v) is 15.8. The summed E-state index contributed by atoms with van der Waals surface area (Å²) in [7, 11) is 1.58. The molecule has 5 rings (SSSR count). The minimum absolute atomic E-state index is 0.0129. The first-order chi connectivity index (χ1) is 21.2. The third kappa shape index (κ3) is 6.66. The molecule has 10 heteroatoms. The Hall–Kier alpha value is -4.15. The van der Waals surface area contributed by atoms with E-state index in [1.807, 2.05) is 80.6 Å². The highest BCUT2D eigenvalue weighted by molar-refractivity contribution is 9.10. The van der Waals surface area contributed by atoms with Crippen LogP contribution in [0.5, 0.6) is 17.2 Å². The Morgan fingerprint density at radius 1 is 1.11 bits per heavy atom. The number of rotatable bonds is 10. The quantitative estimate of drug-likeness (QED) is 0.193. The van der Waals surface area contributed by atoms with E-state index >= 15 is 0 Å². The molecule has 0 bridgehead atoms. The highest BCUT2D eigenvalue weighted by atomic mass is 79.9. The maximum atomic E-state index is 14.0. The minimum Gasteiger partial charge on any atom is -0.493 e. The number of aromatic nitrogens is 1. The molecule has 8 nitrogen and oxygen atoms in total. The van der Waals surface area contributed by atoms with Gasteiger partial charge in [0.25, 0.3) is 5.56 Å². The Morgan fingerprint density at radius 2 is 1.84 bits per heavy atom. The van der Waals surface area contributed by atoms with Gasteiger partial charge in [-0.1, -0.05) is 53.8 Å². The summed E-state index contributed by atoms with van der Waals surface area (Å²) in [5.74, 6) is 1.28. The molecule has 0 aliphatic carbocycles. The fourth-order valence-electron chi connectivity index (χ4n) is 4.95. The molecule has 1 aliphatic heterocycles. The molecule has 4 aromatic rings. The van der Waals surface area contributed by atoms with Gasteiger partial charge in [0, 0.05) is 0 Å². The lowest BCUT2D eigenvalue weighted by atomic mass is 9.96. The number of esters is 1. The second-order valence-electron chi connectivity index (χ2n) is 10.3. The summed E-state index contributed by atoms with van der Waals surface area (Å²) in [6.45, 7) is 8.01. The number of fused-ring (bicyclic) bond motifs is 1. The number of allylic oxidation sites excluding steroid dienone is 1. The summed E-state index contributed by atoms with van der Waals surface area (Å²) < 4.78 is 25.7. The molecule has 0 saturated heterocycles. The molecule has 2 heterocycles. The number of halogens is 1. The predicted molar refractivity (Wildman–Crippen MR) is 174 cm³/mol. The number of methoxy groups -OCH3 is 1.